The van der Waals surface area contributed by atoms with Crippen LogP contribution in [0.4, 0.5) is 11.4 Å². The zero-order valence-corrected chi connectivity index (χ0v) is 18.4. The van der Waals surface area contributed by atoms with Gasteiger partial charge in [0.25, 0.3) is 0 Å². The second kappa shape index (κ2) is 8.39. The number of nitrogens with one attached hydrogen (secondary N) is 1. The van der Waals surface area contributed by atoms with Gasteiger partial charge < -0.3 is 23.9 Å². The third kappa shape index (κ3) is 3.75. The van der Waals surface area contributed by atoms with E-state index in [4.69, 9.17) is 14.0 Å². The molecule has 0 saturated carbocycles. The van der Waals surface area contributed by atoms with E-state index in [1.807, 2.05) is 35.8 Å². The quantitative estimate of drug-likeness (QED) is 0.327. The number of nitrogens with zero attached hydrogens (tertiary/aromatic N) is 3. The molecule has 0 bridgehead atoms. The SMILES string of the molecule is Cc1noc(C=Cc2c(C)n(CC(=O)Nc3ccc4c(c3)OCO4)c3ccccc23)c1[N+](=O)[O-]. The number of nitro groups is 1. The lowest BCUT2D eigenvalue weighted by Gasteiger charge is -2.10. The van der Waals surface area contributed by atoms with Gasteiger partial charge in [-0.25, -0.2) is 0 Å². The van der Waals surface area contributed by atoms with Crippen LogP contribution in [0.5, 0.6) is 11.5 Å². The Morgan fingerprint density at radius 3 is 2.79 bits per heavy atom. The highest BCUT2D eigenvalue weighted by molar-refractivity contribution is 5.96. The van der Waals surface area contributed by atoms with Gasteiger partial charge in [-0.15, -0.1) is 0 Å². The van der Waals surface area contributed by atoms with Crippen molar-refractivity contribution in [3.05, 3.63) is 75.3 Å². The maximum atomic E-state index is 12.9. The van der Waals surface area contributed by atoms with Crippen molar-refractivity contribution in [3.8, 4) is 11.5 Å². The van der Waals surface area contributed by atoms with Gasteiger partial charge in [0.05, 0.1) is 4.92 Å². The first-order valence-electron chi connectivity index (χ1n) is 10.5. The summed E-state index contributed by atoms with van der Waals surface area (Å²) in [6.45, 7) is 3.66. The summed E-state index contributed by atoms with van der Waals surface area (Å²) < 4.78 is 17.7. The molecule has 2 aromatic heterocycles. The van der Waals surface area contributed by atoms with Gasteiger partial charge in [-0.2, -0.15) is 0 Å². The van der Waals surface area contributed by atoms with Crippen LogP contribution in [0.1, 0.15) is 22.7 Å². The number of aromatic nitrogens is 2. The minimum Gasteiger partial charge on any atom is -0.454 e. The fourth-order valence-electron chi connectivity index (χ4n) is 4.06. The Hall–Kier alpha value is -4.60. The minimum absolute atomic E-state index is 0.0688. The summed E-state index contributed by atoms with van der Waals surface area (Å²) in [6.07, 6.45) is 3.28. The van der Waals surface area contributed by atoms with Crippen LogP contribution in [0.25, 0.3) is 23.1 Å². The van der Waals surface area contributed by atoms with Crippen LogP contribution >= 0.6 is 0 Å². The maximum absolute atomic E-state index is 12.9. The Morgan fingerprint density at radius 1 is 1.18 bits per heavy atom. The van der Waals surface area contributed by atoms with E-state index in [1.165, 1.54) is 13.0 Å². The molecule has 0 saturated heterocycles. The summed E-state index contributed by atoms with van der Waals surface area (Å²) in [7, 11) is 0. The van der Waals surface area contributed by atoms with Crippen molar-refractivity contribution < 1.29 is 23.7 Å². The highest BCUT2D eigenvalue weighted by atomic mass is 16.7. The first kappa shape index (κ1) is 21.3. The van der Waals surface area contributed by atoms with E-state index in [1.54, 1.807) is 24.3 Å². The zero-order chi connectivity index (χ0) is 23.8. The van der Waals surface area contributed by atoms with Crippen molar-refractivity contribution >= 4 is 40.3 Å². The molecule has 1 aliphatic rings. The normalized spacial score (nSPS) is 12.5. The zero-order valence-electron chi connectivity index (χ0n) is 18.4. The number of benzene rings is 2. The Kier molecular flexibility index (Phi) is 5.25. The van der Waals surface area contributed by atoms with Crippen molar-refractivity contribution in [1.82, 2.24) is 9.72 Å². The van der Waals surface area contributed by atoms with Crippen molar-refractivity contribution in [2.75, 3.05) is 12.1 Å². The van der Waals surface area contributed by atoms with Gasteiger partial charge in [0.15, 0.2) is 17.2 Å². The molecule has 1 amide bonds. The predicted octanol–water partition coefficient (Wildman–Crippen LogP) is 4.69. The van der Waals surface area contributed by atoms with Gasteiger partial charge in [0, 0.05) is 33.9 Å². The Bertz CT molecular complexity index is 1470. The number of aryl methyl sites for hydroxylation is 1. The van der Waals surface area contributed by atoms with E-state index in [-0.39, 0.29) is 36.4 Å². The van der Waals surface area contributed by atoms with E-state index >= 15 is 0 Å². The van der Waals surface area contributed by atoms with Crippen LogP contribution in [0, 0.1) is 24.0 Å². The topological polar surface area (TPSA) is 122 Å². The lowest BCUT2D eigenvalue weighted by Crippen LogP contribution is -2.19. The molecule has 0 atom stereocenters. The van der Waals surface area contributed by atoms with Crippen LogP contribution in [0.3, 0.4) is 0 Å². The molecule has 0 fully saturated rings. The molecule has 34 heavy (non-hydrogen) atoms. The Morgan fingerprint density at radius 2 is 1.97 bits per heavy atom. The van der Waals surface area contributed by atoms with Gasteiger partial charge in [-0.3, -0.25) is 14.9 Å². The van der Waals surface area contributed by atoms with Gasteiger partial charge in [-0.1, -0.05) is 23.4 Å². The molecule has 0 unspecified atom stereocenters. The average Bonchev–Trinajstić information content (AvgIpc) is 3.49. The number of amides is 1. The van der Waals surface area contributed by atoms with Crippen molar-refractivity contribution in [1.29, 1.82) is 0 Å². The van der Waals surface area contributed by atoms with Gasteiger partial charge in [0.2, 0.25) is 18.5 Å². The lowest BCUT2D eigenvalue weighted by molar-refractivity contribution is -0.386. The molecule has 0 radical (unpaired) electrons. The van der Waals surface area contributed by atoms with Crippen LogP contribution in [0.15, 0.2) is 47.0 Å². The third-order valence-electron chi connectivity index (χ3n) is 5.68. The third-order valence-corrected chi connectivity index (χ3v) is 5.68. The predicted molar refractivity (Wildman–Crippen MR) is 125 cm³/mol. The number of hydrogen-bond acceptors (Lipinski definition) is 7. The monoisotopic (exact) mass is 460 g/mol. The van der Waals surface area contributed by atoms with E-state index in [0.29, 0.717) is 17.2 Å². The van der Waals surface area contributed by atoms with Crippen LogP contribution < -0.4 is 14.8 Å². The number of carbonyl (C=O) groups excluding carboxylic acids is 1. The molecule has 10 heteroatoms. The molecule has 3 heterocycles. The minimum atomic E-state index is -0.512. The van der Waals surface area contributed by atoms with Gasteiger partial charge in [0.1, 0.15) is 6.54 Å². The first-order valence-corrected chi connectivity index (χ1v) is 10.5. The molecule has 2 aromatic carbocycles. The fraction of sp³-hybridized carbons (Fsp3) is 0.167. The van der Waals surface area contributed by atoms with Gasteiger partial charge in [-0.05, 0) is 44.2 Å². The molecular formula is C24H20N4O6. The lowest BCUT2D eigenvalue weighted by atomic mass is 10.1. The van der Waals surface area contributed by atoms with Crippen molar-refractivity contribution in [3.63, 3.8) is 0 Å². The number of carbonyl (C=O) groups is 1. The molecule has 1 aliphatic heterocycles. The molecule has 5 rings (SSSR count). The molecule has 4 aromatic rings. The maximum Gasteiger partial charge on any atom is 0.338 e. The smallest absolute Gasteiger partial charge is 0.338 e. The highest BCUT2D eigenvalue weighted by Crippen LogP contribution is 2.34. The summed E-state index contributed by atoms with van der Waals surface area (Å²) in [5, 5.41) is 18.8. The van der Waals surface area contributed by atoms with E-state index in [9.17, 15) is 14.9 Å². The number of rotatable bonds is 6. The summed E-state index contributed by atoms with van der Waals surface area (Å²) in [6, 6.07) is 12.9. The van der Waals surface area contributed by atoms with Crippen LogP contribution in [-0.2, 0) is 11.3 Å². The fourth-order valence-corrected chi connectivity index (χ4v) is 4.06. The molecule has 1 N–H and O–H groups in total. The van der Waals surface area contributed by atoms with Crippen LogP contribution in [0.2, 0.25) is 0 Å². The summed E-state index contributed by atoms with van der Waals surface area (Å²) in [5.41, 5.74) is 3.18. The molecule has 0 aliphatic carbocycles. The van der Waals surface area contributed by atoms with E-state index in [0.717, 1.165) is 22.2 Å². The molecular weight excluding hydrogens is 440 g/mol. The average molecular weight is 460 g/mol. The summed E-state index contributed by atoms with van der Waals surface area (Å²) in [4.78, 5) is 23.7. The standard InChI is InChI=1S/C24H20N4O6/c1-14-24(28(30)31)21(34-26-14)10-8-17-15(2)27(19-6-4-3-5-18(17)19)12-23(29)25-16-7-9-20-22(11-16)33-13-32-20/h3-11H,12-13H2,1-2H3,(H,25,29). The first-order chi connectivity index (χ1) is 16.4. The van der Waals surface area contributed by atoms with Crippen molar-refractivity contribution in [2.24, 2.45) is 0 Å². The number of hydrogen-bond donors (Lipinski definition) is 1. The van der Waals surface area contributed by atoms with Gasteiger partial charge >= 0.3 is 5.69 Å². The molecule has 172 valence electrons. The van der Waals surface area contributed by atoms with E-state index < -0.39 is 4.92 Å². The number of para-hydroxylation sites is 1. The Labute approximate surface area is 193 Å². The van der Waals surface area contributed by atoms with Crippen LogP contribution in [-0.4, -0.2) is 27.3 Å². The number of fused-ring (bicyclic) bond motifs is 2. The second-order valence-electron chi connectivity index (χ2n) is 7.79. The number of ether oxygens (including phenoxy) is 2. The molecule has 10 nitrogen and oxygen atoms in total. The molecule has 0 spiro atoms. The summed E-state index contributed by atoms with van der Waals surface area (Å²) in [5.74, 6) is 1.09. The highest BCUT2D eigenvalue weighted by Gasteiger charge is 2.23. The second-order valence-corrected chi connectivity index (χ2v) is 7.79. The van der Waals surface area contributed by atoms with Crippen molar-refractivity contribution in [2.45, 2.75) is 20.4 Å². The Balaban J connectivity index is 1.44. The van der Waals surface area contributed by atoms with E-state index in [2.05, 4.69) is 10.5 Å². The number of anilines is 1. The largest absolute Gasteiger partial charge is 0.454 e. The summed E-state index contributed by atoms with van der Waals surface area (Å²) >= 11 is 0.